The van der Waals surface area contributed by atoms with E-state index in [1.54, 1.807) is 18.2 Å². The largest absolute Gasteiger partial charge is 0.461 e. The van der Waals surface area contributed by atoms with Gasteiger partial charge in [0.1, 0.15) is 21.9 Å². The van der Waals surface area contributed by atoms with Gasteiger partial charge in [-0.1, -0.05) is 43.1 Å². The zero-order valence-electron chi connectivity index (χ0n) is 14.5. The van der Waals surface area contributed by atoms with Crippen LogP contribution in [0, 0.1) is 12.8 Å². The second-order valence-corrected chi connectivity index (χ2v) is 7.99. The van der Waals surface area contributed by atoms with Gasteiger partial charge in [-0.15, -0.1) is 11.3 Å². The number of carbonyl (C=O) groups excluding carboxylic acids is 1. The van der Waals surface area contributed by atoms with E-state index >= 15 is 0 Å². The minimum absolute atomic E-state index is 0.271. The summed E-state index contributed by atoms with van der Waals surface area (Å²) >= 11 is 13.8. The summed E-state index contributed by atoms with van der Waals surface area (Å²) in [7, 11) is 0. The van der Waals surface area contributed by atoms with E-state index in [1.807, 2.05) is 20.8 Å². The van der Waals surface area contributed by atoms with Crippen LogP contribution in [0.15, 0.2) is 24.5 Å². The minimum atomic E-state index is -0.346. The van der Waals surface area contributed by atoms with Gasteiger partial charge in [0, 0.05) is 0 Å². The van der Waals surface area contributed by atoms with E-state index in [2.05, 4.69) is 15.3 Å². The van der Waals surface area contributed by atoms with Gasteiger partial charge in [0.15, 0.2) is 0 Å². The zero-order chi connectivity index (χ0) is 18.8. The number of benzene rings is 1. The van der Waals surface area contributed by atoms with Crippen molar-refractivity contribution in [3.05, 3.63) is 45.0 Å². The molecule has 0 radical (unpaired) electrons. The van der Waals surface area contributed by atoms with Gasteiger partial charge in [0.2, 0.25) is 0 Å². The SMILES string of the molecule is Cc1c(C(=O)OCC(C)C)sc2ncnc(Nc3c(Cl)cccc3Cl)c12. The molecule has 0 aliphatic rings. The Bertz CT molecular complexity index is 952. The number of esters is 1. The Morgan fingerprint density at radius 2 is 1.96 bits per heavy atom. The molecule has 3 rings (SSSR count). The molecule has 0 saturated carbocycles. The standard InChI is InChI=1S/C18H17Cl2N3O2S/c1-9(2)7-25-18(24)15-10(3)13-16(21-8-22-17(13)26-15)23-14-11(19)5-4-6-12(14)20/h4-6,8-9H,7H2,1-3H3,(H,21,22,23). The van der Waals surface area contributed by atoms with Crippen molar-refractivity contribution in [3.8, 4) is 0 Å². The van der Waals surface area contributed by atoms with Crippen LogP contribution in [-0.2, 0) is 4.74 Å². The zero-order valence-corrected chi connectivity index (χ0v) is 16.8. The fraction of sp³-hybridized carbons (Fsp3) is 0.278. The van der Waals surface area contributed by atoms with Crippen molar-refractivity contribution >= 4 is 62.2 Å². The lowest BCUT2D eigenvalue weighted by Gasteiger charge is -2.10. The van der Waals surface area contributed by atoms with Crippen LogP contribution in [0.2, 0.25) is 10.0 Å². The fourth-order valence-electron chi connectivity index (χ4n) is 2.40. The smallest absolute Gasteiger partial charge is 0.348 e. The molecular weight excluding hydrogens is 393 g/mol. The van der Waals surface area contributed by atoms with Gasteiger partial charge in [0.25, 0.3) is 0 Å². The minimum Gasteiger partial charge on any atom is -0.461 e. The van der Waals surface area contributed by atoms with E-state index in [-0.39, 0.29) is 11.9 Å². The topological polar surface area (TPSA) is 64.1 Å². The quantitative estimate of drug-likeness (QED) is 0.534. The summed E-state index contributed by atoms with van der Waals surface area (Å²) in [5.41, 5.74) is 1.33. The van der Waals surface area contributed by atoms with E-state index in [0.29, 0.717) is 37.9 Å². The number of thiophene rings is 1. The number of hydrogen-bond acceptors (Lipinski definition) is 6. The lowest BCUT2D eigenvalue weighted by Crippen LogP contribution is -2.09. The highest BCUT2D eigenvalue weighted by atomic mass is 35.5. The Balaban J connectivity index is 2.01. The van der Waals surface area contributed by atoms with E-state index in [0.717, 1.165) is 10.9 Å². The first-order valence-corrected chi connectivity index (χ1v) is 9.58. The van der Waals surface area contributed by atoms with Crippen LogP contribution in [0.3, 0.4) is 0 Å². The number of aromatic nitrogens is 2. The van der Waals surface area contributed by atoms with Crippen molar-refractivity contribution in [2.45, 2.75) is 20.8 Å². The third-order valence-electron chi connectivity index (χ3n) is 3.67. The average Bonchev–Trinajstić information content (AvgIpc) is 2.94. The van der Waals surface area contributed by atoms with E-state index in [4.69, 9.17) is 27.9 Å². The van der Waals surface area contributed by atoms with Crippen LogP contribution in [0.5, 0.6) is 0 Å². The lowest BCUT2D eigenvalue weighted by molar-refractivity contribution is 0.0464. The van der Waals surface area contributed by atoms with E-state index < -0.39 is 0 Å². The highest BCUT2D eigenvalue weighted by Gasteiger charge is 2.21. The molecule has 0 fully saturated rings. The molecule has 0 bridgehead atoms. The molecule has 0 amide bonds. The number of para-hydroxylation sites is 1. The van der Waals surface area contributed by atoms with Gasteiger partial charge >= 0.3 is 5.97 Å². The molecule has 0 spiro atoms. The summed E-state index contributed by atoms with van der Waals surface area (Å²) in [4.78, 5) is 22.2. The molecule has 2 aromatic heterocycles. The van der Waals surface area contributed by atoms with Crippen LogP contribution in [0.4, 0.5) is 11.5 Å². The number of anilines is 2. The maximum Gasteiger partial charge on any atom is 0.348 e. The van der Waals surface area contributed by atoms with E-state index in [9.17, 15) is 4.79 Å². The van der Waals surface area contributed by atoms with Gasteiger partial charge in [-0.05, 0) is 30.5 Å². The van der Waals surface area contributed by atoms with Crippen LogP contribution in [0.1, 0.15) is 29.1 Å². The van der Waals surface area contributed by atoms with Crippen LogP contribution >= 0.6 is 34.5 Å². The second kappa shape index (κ2) is 7.78. The van der Waals surface area contributed by atoms with Crippen LogP contribution in [-0.4, -0.2) is 22.5 Å². The Labute approximate surface area is 165 Å². The summed E-state index contributed by atoms with van der Waals surface area (Å²) in [6.45, 7) is 6.21. The van der Waals surface area contributed by atoms with Crippen molar-refractivity contribution in [2.75, 3.05) is 11.9 Å². The first-order valence-electron chi connectivity index (χ1n) is 8.00. The van der Waals surface area contributed by atoms with Crippen molar-refractivity contribution in [3.63, 3.8) is 0 Å². The maximum absolute atomic E-state index is 12.4. The van der Waals surface area contributed by atoms with Crippen LogP contribution in [0.25, 0.3) is 10.2 Å². The molecule has 0 saturated heterocycles. The average molecular weight is 410 g/mol. The normalized spacial score (nSPS) is 11.2. The molecule has 0 unspecified atom stereocenters. The van der Waals surface area contributed by atoms with Crippen molar-refractivity contribution in [1.82, 2.24) is 9.97 Å². The Morgan fingerprint density at radius 3 is 2.62 bits per heavy atom. The molecule has 0 aliphatic carbocycles. The molecule has 3 aromatic rings. The Hall–Kier alpha value is -1.89. The molecular formula is C18H17Cl2N3O2S. The number of nitrogens with zero attached hydrogens (tertiary/aromatic N) is 2. The Kier molecular flexibility index (Phi) is 5.65. The summed E-state index contributed by atoms with van der Waals surface area (Å²) in [6, 6.07) is 5.25. The molecule has 1 N–H and O–H groups in total. The van der Waals surface area contributed by atoms with Crippen molar-refractivity contribution < 1.29 is 9.53 Å². The molecule has 8 heteroatoms. The first kappa shape index (κ1) is 18.9. The van der Waals surface area contributed by atoms with Crippen molar-refractivity contribution in [2.24, 2.45) is 5.92 Å². The number of rotatable bonds is 5. The number of hydrogen-bond donors (Lipinski definition) is 1. The first-order chi connectivity index (χ1) is 12.4. The highest BCUT2D eigenvalue weighted by molar-refractivity contribution is 7.20. The number of fused-ring (bicyclic) bond motifs is 1. The number of carbonyl (C=O) groups is 1. The highest BCUT2D eigenvalue weighted by Crippen LogP contribution is 2.38. The summed E-state index contributed by atoms with van der Waals surface area (Å²) in [5, 5.41) is 4.88. The van der Waals surface area contributed by atoms with Gasteiger partial charge in [0.05, 0.1) is 27.7 Å². The van der Waals surface area contributed by atoms with Gasteiger partial charge in [-0.25, -0.2) is 14.8 Å². The van der Waals surface area contributed by atoms with Gasteiger partial charge < -0.3 is 10.1 Å². The number of aryl methyl sites for hydroxylation is 1. The molecule has 26 heavy (non-hydrogen) atoms. The molecule has 0 atom stereocenters. The molecule has 2 heterocycles. The van der Waals surface area contributed by atoms with Crippen LogP contribution < -0.4 is 5.32 Å². The number of nitrogens with one attached hydrogen (secondary N) is 1. The predicted molar refractivity (Wildman–Crippen MR) is 107 cm³/mol. The summed E-state index contributed by atoms with van der Waals surface area (Å²) < 4.78 is 5.36. The molecule has 0 aliphatic heterocycles. The Morgan fingerprint density at radius 1 is 1.27 bits per heavy atom. The third kappa shape index (κ3) is 3.77. The van der Waals surface area contributed by atoms with E-state index in [1.165, 1.54) is 17.7 Å². The lowest BCUT2D eigenvalue weighted by atomic mass is 10.2. The predicted octanol–water partition coefficient (Wildman–Crippen LogP) is 5.86. The van der Waals surface area contributed by atoms with Gasteiger partial charge in [-0.2, -0.15) is 0 Å². The monoisotopic (exact) mass is 409 g/mol. The molecule has 1 aromatic carbocycles. The number of halogens is 2. The maximum atomic E-state index is 12.4. The molecule has 136 valence electrons. The van der Waals surface area contributed by atoms with Gasteiger partial charge in [-0.3, -0.25) is 0 Å². The van der Waals surface area contributed by atoms with Crippen molar-refractivity contribution in [1.29, 1.82) is 0 Å². The third-order valence-corrected chi connectivity index (χ3v) is 5.48. The number of ether oxygens (including phenoxy) is 1. The summed E-state index contributed by atoms with van der Waals surface area (Å²) in [6.07, 6.45) is 1.44. The summed E-state index contributed by atoms with van der Waals surface area (Å²) in [5.74, 6) is 0.468. The fourth-order valence-corrected chi connectivity index (χ4v) is 3.94. The molecule has 5 nitrogen and oxygen atoms in total. The second-order valence-electron chi connectivity index (χ2n) is 6.17.